The van der Waals surface area contributed by atoms with E-state index in [-0.39, 0.29) is 22.9 Å². The lowest BCUT2D eigenvalue weighted by Crippen LogP contribution is -2.22. The predicted molar refractivity (Wildman–Crippen MR) is 111 cm³/mol. The molecular formula is C20H17N3O5S. The van der Waals surface area contributed by atoms with Crippen molar-refractivity contribution in [2.75, 3.05) is 5.32 Å². The Hall–Kier alpha value is -3.72. The number of hydrogen-bond acceptors (Lipinski definition) is 7. The zero-order valence-corrected chi connectivity index (χ0v) is 16.2. The number of aromatic amines is 1. The number of aromatic hydroxyl groups is 1. The molecule has 0 unspecified atom stereocenters. The lowest BCUT2D eigenvalue weighted by molar-refractivity contribution is 0.155. The van der Waals surface area contributed by atoms with Crippen molar-refractivity contribution in [2.45, 2.75) is 13.5 Å². The van der Waals surface area contributed by atoms with Gasteiger partial charge in [0, 0.05) is 5.69 Å². The van der Waals surface area contributed by atoms with E-state index in [9.17, 15) is 19.5 Å². The van der Waals surface area contributed by atoms with Crippen LogP contribution in [0.25, 0.3) is 0 Å². The van der Waals surface area contributed by atoms with Gasteiger partial charge in [-0.1, -0.05) is 30.3 Å². The molecule has 8 nitrogen and oxygen atoms in total. The van der Waals surface area contributed by atoms with Crippen LogP contribution in [0, 0.1) is 0 Å². The maximum Gasteiger partial charge on any atom is 0.411 e. The standard InChI is InChI=1S/C20H17N3O5S/c1-12(16-17(24)23-20(27)29-18(16)25)21-14-7-9-15(10-8-14)22-19(26)28-11-13-5-3-2-4-6-13/h2-10,25H,11H2,1H3,(H,22,26)(H,23,24,27). The summed E-state index contributed by atoms with van der Waals surface area (Å²) in [6.07, 6.45) is -0.586. The van der Waals surface area contributed by atoms with Crippen LogP contribution in [-0.2, 0) is 11.3 Å². The lowest BCUT2D eigenvalue weighted by atomic mass is 10.2. The third kappa shape index (κ3) is 5.39. The number of H-pyrrole nitrogens is 1. The van der Waals surface area contributed by atoms with Crippen molar-refractivity contribution in [1.82, 2.24) is 4.98 Å². The highest BCUT2D eigenvalue weighted by atomic mass is 32.1. The Labute approximate surface area is 169 Å². The van der Waals surface area contributed by atoms with Crippen LogP contribution in [0.2, 0.25) is 0 Å². The fourth-order valence-electron chi connectivity index (χ4n) is 2.48. The average Bonchev–Trinajstić information content (AvgIpc) is 2.68. The lowest BCUT2D eigenvalue weighted by Gasteiger charge is -2.07. The summed E-state index contributed by atoms with van der Waals surface area (Å²) in [7, 11) is 0. The van der Waals surface area contributed by atoms with E-state index in [4.69, 9.17) is 4.74 Å². The van der Waals surface area contributed by atoms with Crippen molar-refractivity contribution in [2.24, 2.45) is 4.99 Å². The molecule has 0 saturated heterocycles. The molecule has 0 saturated carbocycles. The number of aromatic nitrogens is 1. The summed E-state index contributed by atoms with van der Waals surface area (Å²) >= 11 is 0.526. The van der Waals surface area contributed by atoms with Crippen LogP contribution < -0.4 is 15.7 Å². The largest absolute Gasteiger partial charge is 0.499 e. The number of nitrogens with zero attached hydrogens (tertiary/aromatic N) is 1. The fourth-order valence-corrected chi connectivity index (χ4v) is 3.14. The second-order valence-electron chi connectivity index (χ2n) is 5.95. The smallest absolute Gasteiger partial charge is 0.411 e. The molecule has 29 heavy (non-hydrogen) atoms. The molecule has 0 aliphatic heterocycles. The molecule has 9 heteroatoms. The molecule has 3 aromatic rings. The number of anilines is 1. The van der Waals surface area contributed by atoms with Gasteiger partial charge in [-0.05, 0) is 48.1 Å². The summed E-state index contributed by atoms with van der Waals surface area (Å²) < 4.78 is 5.15. The first-order valence-corrected chi connectivity index (χ1v) is 9.34. The molecule has 0 aliphatic rings. The Morgan fingerprint density at radius 3 is 2.48 bits per heavy atom. The molecule has 1 aromatic heterocycles. The first kappa shape index (κ1) is 20.0. The minimum atomic E-state index is -0.702. The molecule has 1 amide bonds. The third-order valence-corrected chi connectivity index (χ3v) is 4.52. The second kappa shape index (κ2) is 8.98. The van der Waals surface area contributed by atoms with Crippen molar-refractivity contribution < 1.29 is 14.6 Å². The third-order valence-electron chi connectivity index (χ3n) is 3.83. The van der Waals surface area contributed by atoms with Crippen LogP contribution in [-0.4, -0.2) is 21.9 Å². The zero-order chi connectivity index (χ0) is 20.8. The summed E-state index contributed by atoms with van der Waals surface area (Å²) in [6.45, 7) is 1.71. The van der Waals surface area contributed by atoms with Gasteiger partial charge in [0.1, 0.15) is 12.2 Å². The van der Waals surface area contributed by atoms with Gasteiger partial charge in [-0.15, -0.1) is 0 Å². The molecule has 3 N–H and O–H groups in total. The molecule has 0 radical (unpaired) electrons. The van der Waals surface area contributed by atoms with Crippen LogP contribution >= 0.6 is 11.3 Å². The van der Waals surface area contributed by atoms with Crippen molar-refractivity contribution in [1.29, 1.82) is 0 Å². The number of nitrogens with one attached hydrogen (secondary N) is 2. The average molecular weight is 411 g/mol. The normalized spacial score (nSPS) is 11.1. The van der Waals surface area contributed by atoms with Crippen molar-refractivity contribution >= 4 is 34.5 Å². The molecule has 148 valence electrons. The van der Waals surface area contributed by atoms with Gasteiger partial charge in [-0.2, -0.15) is 0 Å². The molecule has 0 fully saturated rings. The van der Waals surface area contributed by atoms with E-state index in [1.165, 1.54) is 0 Å². The SMILES string of the molecule is CC(=Nc1ccc(NC(=O)OCc2ccccc2)cc1)c1c(O)sc(=O)[nH]c1=O. The first-order valence-electron chi connectivity index (χ1n) is 8.52. The van der Waals surface area contributed by atoms with E-state index in [1.54, 1.807) is 31.2 Å². The zero-order valence-electron chi connectivity index (χ0n) is 15.3. The van der Waals surface area contributed by atoms with Gasteiger partial charge in [0.15, 0.2) is 5.06 Å². The van der Waals surface area contributed by atoms with Crippen LogP contribution in [0.4, 0.5) is 16.2 Å². The minimum absolute atomic E-state index is 0.0544. The fraction of sp³-hybridized carbons (Fsp3) is 0.100. The van der Waals surface area contributed by atoms with Gasteiger partial charge in [0.2, 0.25) is 0 Å². The van der Waals surface area contributed by atoms with Gasteiger partial charge in [0.25, 0.3) is 5.56 Å². The summed E-state index contributed by atoms with van der Waals surface area (Å²) in [5.41, 5.74) is 1.39. The summed E-state index contributed by atoms with van der Waals surface area (Å²) in [6, 6.07) is 15.8. The van der Waals surface area contributed by atoms with Gasteiger partial charge < -0.3 is 9.84 Å². The van der Waals surface area contributed by atoms with E-state index in [2.05, 4.69) is 15.3 Å². The quantitative estimate of drug-likeness (QED) is 0.556. The van der Waals surface area contributed by atoms with Gasteiger partial charge >= 0.3 is 11.0 Å². The number of ether oxygens (including phenoxy) is 1. The summed E-state index contributed by atoms with van der Waals surface area (Å²) in [5, 5.41) is 12.1. The number of benzene rings is 2. The second-order valence-corrected chi connectivity index (χ2v) is 6.92. The Morgan fingerprint density at radius 2 is 1.83 bits per heavy atom. The first-order chi connectivity index (χ1) is 13.9. The van der Waals surface area contributed by atoms with E-state index < -0.39 is 16.5 Å². The number of hydrogen-bond donors (Lipinski definition) is 3. The van der Waals surface area contributed by atoms with Crippen molar-refractivity contribution in [3.8, 4) is 5.06 Å². The van der Waals surface area contributed by atoms with E-state index >= 15 is 0 Å². The number of amides is 1. The summed E-state index contributed by atoms with van der Waals surface area (Å²) in [4.78, 5) is 40.7. The van der Waals surface area contributed by atoms with Gasteiger partial charge in [-0.25, -0.2) is 4.79 Å². The molecule has 0 atom stereocenters. The highest BCUT2D eigenvalue weighted by molar-refractivity contribution is 7.11. The van der Waals surface area contributed by atoms with E-state index in [1.807, 2.05) is 30.3 Å². The van der Waals surface area contributed by atoms with Gasteiger partial charge in [0.05, 0.1) is 11.4 Å². The van der Waals surface area contributed by atoms with Crippen molar-refractivity contribution in [3.63, 3.8) is 0 Å². The highest BCUT2D eigenvalue weighted by Gasteiger charge is 2.12. The minimum Gasteiger partial charge on any atom is -0.499 e. The Balaban J connectivity index is 1.65. The molecule has 2 aromatic carbocycles. The Kier molecular flexibility index (Phi) is 6.20. The van der Waals surface area contributed by atoms with Crippen molar-refractivity contribution in [3.05, 3.63) is 85.7 Å². The Bertz CT molecular complexity index is 1150. The number of rotatable bonds is 5. The van der Waals surface area contributed by atoms with Crippen LogP contribution in [0.5, 0.6) is 5.06 Å². The molecule has 1 heterocycles. The van der Waals surface area contributed by atoms with Crippen LogP contribution in [0.15, 0.2) is 69.2 Å². The molecule has 0 aliphatic carbocycles. The number of carbonyl (C=O) groups is 1. The van der Waals surface area contributed by atoms with Crippen LogP contribution in [0.3, 0.4) is 0 Å². The van der Waals surface area contributed by atoms with Gasteiger partial charge in [-0.3, -0.25) is 24.9 Å². The monoisotopic (exact) mass is 411 g/mol. The predicted octanol–water partition coefficient (Wildman–Crippen LogP) is 3.39. The topological polar surface area (TPSA) is 121 Å². The number of aliphatic imine (C=N–C) groups is 1. The molecular weight excluding hydrogens is 394 g/mol. The van der Waals surface area contributed by atoms with E-state index in [0.29, 0.717) is 22.7 Å². The Morgan fingerprint density at radius 1 is 1.14 bits per heavy atom. The number of carbonyl (C=O) groups excluding carboxylic acids is 1. The van der Waals surface area contributed by atoms with Crippen LogP contribution in [0.1, 0.15) is 18.1 Å². The maximum absolute atomic E-state index is 11.9. The molecule has 0 spiro atoms. The molecule has 3 rings (SSSR count). The highest BCUT2D eigenvalue weighted by Crippen LogP contribution is 2.21. The van der Waals surface area contributed by atoms with E-state index in [0.717, 1.165) is 5.56 Å². The maximum atomic E-state index is 11.9. The summed E-state index contributed by atoms with van der Waals surface area (Å²) in [5.74, 6) is 0. The molecule has 0 bridgehead atoms.